The molecule has 0 saturated heterocycles. The summed E-state index contributed by atoms with van der Waals surface area (Å²) in [6.07, 6.45) is -0.366. The largest absolute Gasteiger partial charge is 0.273 e. The summed E-state index contributed by atoms with van der Waals surface area (Å²) < 4.78 is 36.9. The molecule has 2 N–H and O–H groups in total. The number of sulfone groups is 1. The molecule has 0 unspecified atom stereocenters. The maximum atomic E-state index is 12.8. The fraction of sp³-hybridized carbons (Fsp3) is 0.125. The lowest BCUT2D eigenvalue weighted by molar-refractivity contribution is -0.121. The predicted octanol–water partition coefficient (Wildman–Crippen LogP) is 2.10. The Labute approximate surface area is 148 Å². The Morgan fingerprint density at radius 1 is 1.04 bits per heavy atom. The Morgan fingerprint density at radius 3 is 2.36 bits per heavy atom. The van der Waals surface area contributed by atoms with Crippen molar-refractivity contribution in [1.82, 2.24) is 10.9 Å². The van der Waals surface area contributed by atoms with Gasteiger partial charge in [0.05, 0.1) is 10.6 Å². The van der Waals surface area contributed by atoms with E-state index in [1.54, 1.807) is 12.1 Å². The Balaban J connectivity index is 1.86. The number of carbonyl (C=O) groups is 2. The van der Waals surface area contributed by atoms with E-state index in [0.29, 0.717) is 5.02 Å². The molecular formula is C16H14ClFN2O4S. The molecule has 2 amide bonds. The lowest BCUT2D eigenvalue weighted by atomic mass is 10.2. The minimum absolute atomic E-state index is 0.0790. The standard InChI is InChI=1S/C16H14ClFN2O4S/c17-12-3-1-2-11(10-12)16(22)20-19-15(21)8-9-25(23,24)14-6-4-13(18)5-7-14/h1-7,10H,8-9H2,(H,19,21)(H,20,22). The van der Waals surface area contributed by atoms with E-state index < -0.39 is 33.2 Å². The highest BCUT2D eigenvalue weighted by molar-refractivity contribution is 7.91. The van der Waals surface area contributed by atoms with Crippen LogP contribution in [0.25, 0.3) is 0 Å². The number of rotatable bonds is 5. The van der Waals surface area contributed by atoms with Crippen LogP contribution in [0.2, 0.25) is 5.02 Å². The average molecular weight is 385 g/mol. The van der Waals surface area contributed by atoms with E-state index in [9.17, 15) is 22.4 Å². The molecule has 0 saturated carbocycles. The number of amides is 2. The Hall–Kier alpha value is -2.45. The van der Waals surface area contributed by atoms with Crippen LogP contribution in [0.1, 0.15) is 16.8 Å². The van der Waals surface area contributed by atoms with Crippen molar-refractivity contribution in [2.24, 2.45) is 0 Å². The zero-order valence-corrected chi connectivity index (χ0v) is 14.4. The van der Waals surface area contributed by atoms with E-state index >= 15 is 0 Å². The van der Waals surface area contributed by atoms with Gasteiger partial charge >= 0.3 is 0 Å². The van der Waals surface area contributed by atoms with E-state index in [4.69, 9.17) is 11.6 Å². The summed E-state index contributed by atoms with van der Waals surface area (Å²) >= 11 is 5.76. The number of carbonyl (C=O) groups excluding carboxylic acids is 2. The van der Waals surface area contributed by atoms with Crippen molar-refractivity contribution >= 4 is 33.3 Å². The molecule has 2 aromatic carbocycles. The number of halogens is 2. The summed E-state index contributed by atoms with van der Waals surface area (Å²) in [6.45, 7) is 0. The highest BCUT2D eigenvalue weighted by Gasteiger charge is 2.17. The van der Waals surface area contributed by atoms with E-state index in [1.807, 2.05) is 0 Å². The van der Waals surface area contributed by atoms with Gasteiger partial charge in [0.15, 0.2) is 9.84 Å². The first kappa shape index (κ1) is 18.9. The quantitative estimate of drug-likeness (QED) is 0.610. The first-order chi connectivity index (χ1) is 11.8. The smallest absolute Gasteiger partial charge is 0.269 e. The van der Waals surface area contributed by atoms with Crippen LogP contribution >= 0.6 is 11.6 Å². The van der Waals surface area contributed by atoms with Crippen LogP contribution < -0.4 is 10.9 Å². The molecule has 0 spiro atoms. The molecule has 0 aliphatic heterocycles. The molecule has 0 atom stereocenters. The van der Waals surface area contributed by atoms with E-state index in [-0.39, 0.29) is 16.9 Å². The summed E-state index contributed by atoms with van der Waals surface area (Å²) in [5, 5.41) is 0.365. The number of hydrogen-bond acceptors (Lipinski definition) is 4. The topological polar surface area (TPSA) is 92.3 Å². The molecule has 0 bridgehead atoms. The zero-order valence-electron chi connectivity index (χ0n) is 12.8. The van der Waals surface area contributed by atoms with Gasteiger partial charge in [0.1, 0.15) is 5.82 Å². The lowest BCUT2D eigenvalue weighted by Crippen LogP contribution is -2.42. The van der Waals surface area contributed by atoms with Crippen molar-refractivity contribution in [2.75, 3.05) is 5.75 Å². The van der Waals surface area contributed by atoms with Gasteiger partial charge in [-0.25, -0.2) is 12.8 Å². The fourth-order valence-electron chi connectivity index (χ4n) is 1.88. The van der Waals surface area contributed by atoms with Crippen LogP contribution in [0.5, 0.6) is 0 Å². The van der Waals surface area contributed by atoms with Crippen molar-refractivity contribution in [3.8, 4) is 0 Å². The van der Waals surface area contributed by atoms with Crippen LogP contribution in [0, 0.1) is 5.82 Å². The van der Waals surface area contributed by atoms with E-state index in [1.165, 1.54) is 12.1 Å². The van der Waals surface area contributed by atoms with Crippen molar-refractivity contribution in [2.45, 2.75) is 11.3 Å². The van der Waals surface area contributed by atoms with Crippen LogP contribution in [0.15, 0.2) is 53.4 Å². The second kappa shape index (κ2) is 8.09. The molecule has 0 aliphatic rings. The first-order valence-corrected chi connectivity index (χ1v) is 9.14. The van der Waals surface area contributed by atoms with Gasteiger partial charge in [-0.2, -0.15) is 0 Å². The fourth-order valence-corrected chi connectivity index (χ4v) is 3.31. The molecule has 0 radical (unpaired) electrons. The number of benzene rings is 2. The molecule has 2 aromatic rings. The van der Waals surface area contributed by atoms with E-state index in [2.05, 4.69) is 10.9 Å². The molecule has 9 heteroatoms. The normalized spacial score (nSPS) is 11.0. The lowest BCUT2D eigenvalue weighted by Gasteiger charge is -2.08. The molecule has 2 rings (SSSR count). The Kier molecular flexibility index (Phi) is 6.11. The third-order valence-corrected chi connectivity index (χ3v) is 5.14. The third kappa shape index (κ3) is 5.54. The molecule has 25 heavy (non-hydrogen) atoms. The number of hydrogen-bond donors (Lipinski definition) is 2. The van der Waals surface area contributed by atoms with Gasteiger partial charge in [-0.3, -0.25) is 20.4 Å². The SMILES string of the molecule is O=C(CCS(=O)(=O)c1ccc(F)cc1)NNC(=O)c1cccc(Cl)c1. The van der Waals surface area contributed by atoms with Crippen molar-refractivity contribution < 1.29 is 22.4 Å². The van der Waals surface area contributed by atoms with Gasteiger partial charge in [-0.1, -0.05) is 17.7 Å². The molecule has 132 valence electrons. The van der Waals surface area contributed by atoms with Crippen molar-refractivity contribution in [1.29, 1.82) is 0 Å². The second-order valence-electron chi connectivity index (χ2n) is 5.04. The predicted molar refractivity (Wildman–Crippen MR) is 90.1 cm³/mol. The van der Waals surface area contributed by atoms with Gasteiger partial charge in [0, 0.05) is 17.0 Å². The molecule has 6 nitrogen and oxygen atoms in total. The third-order valence-electron chi connectivity index (χ3n) is 3.17. The summed E-state index contributed by atoms with van der Waals surface area (Å²) in [7, 11) is -3.73. The number of nitrogens with one attached hydrogen (secondary N) is 2. The van der Waals surface area contributed by atoms with Crippen LogP contribution in [-0.2, 0) is 14.6 Å². The summed E-state index contributed by atoms with van der Waals surface area (Å²) in [5.74, 6) is -2.30. The highest BCUT2D eigenvalue weighted by atomic mass is 35.5. The molecule has 0 aliphatic carbocycles. The zero-order chi connectivity index (χ0) is 18.4. The van der Waals surface area contributed by atoms with Gasteiger partial charge < -0.3 is 0 Å². The van der Waals surface area contributed by atoms with Crippen molar-refractivity contribution in [3.63, 3.8) is 0 Å². The monoisotopic (exact) mass is 384 g/mol. The second-order valence-corrected chi connectivity index (χ2v) is 7.58. The molecular weight excluding hydrogens is 371 g/mol. The minimum atomic E-state index is -3.73. The number of hydrazine groups is 1. The van der Waals surface area contributed by atoms with Crippen molar-refractivity contribution in [3.05, 3.63) is 64.9 Å². The summed E-state index contributed by atoms with van der Waals surface area (Å²) in [4.78, 5) is 23.4. The average Bonchev–Trinajstić information content (AvgIpc) is 2.58. The molecule has 0 heterocycles. The van der Waals surface area contributed by atoms with Gasteiger partial charge in [-0.15, -0.1) is 0 Å². The molecule has 0 fully saturated rings. The highest BCUT2D eigenvalue weighted by Crippen LogP contribution is 2.13. The molecule has 0 aromatic heterocycles. The van der Waals surface area contributed by atoms with Crippen LogP contribution in [-0.4, -0.2) is 26.0 Å². The minimum Gasteiger partial charge on any atom is -0.273 e. The van der Waals surface area contributed by atoms with Gasteiger partial charge in [0.2, 0.25) is 5.91 Å². The first-order valence-electron chi connectivity index (χ1n) is 7.11. The van der Waals surface area contributed by atoms with Crippen LogP contribution in [0.4, 0.5) is 4.39 Å². The van der Waals surface area contributed by atoms with Gasteiger partial charge in [0.25, 0.3) is 5.91 Å². The van der Waals surface area contributed by atoms with Crippen LogP contribution in [0.3, 0.4) is 0 Å². The Bertz CT molecular complexity index is 885. The maximum Gasteiger partial charge on any atom is 0.269 e. The summed E-state index contributed by atoms with van der Waals surface area (Å²) in [6, 6.07) is 10.4. The maximum absolute atomic E-state index is 12.8. The summed E-state index contributed by atoms with van der Waals surface area (Å²) in [5.41, 5.74) is 4.54. The van der Waals surface area contributed by atoms with Gasteiger partial charge in [-0.05, 0) is 42.5 Å². The van der Waals surface area contributed by atoms with E-state index in [0.717, 1.165) is 24.3 Å². The Morgan fingerprint density at radius 2 is 1.72 bits per heavy atom.